The van der Waals surface area contributed by atoms with E-state index in [2.05, 4.69) is 16.7 Å². The monoisotopic (exact) mass is 355 g/mol. The van der Waals surface area contributed by atoms with Crippen LogP contribution in [0.4, 0.5) is 0 Å². The summed E-state index contributed by atoms with van der Waals surface area (Å²) >= 11 is 0. The molecule has 2 fully saturated rings. The Labute approximate surface area is 153 Å². The molecule has 6 nitrogen and oxygen atoms in total. The Morgan fingerprint density at radius 2 is 1.85 bits per heavy atom. The van der Waals surface area contributed by atoms with Gasteiger partial charge >= 0.3 is 0 Å². The molecule has 1 unspecified atom stereocenters. The number of carbonyl (C=O) groups excluding carboxylic acids is 2. The van der Waals surface area contributed by atoms with Crippen LogP contribution in [0.3, 0.4) is 0 Å². The first kappa shape index (κ1) is 18.2. The Morgan fingerprint density at radius 1 is 1.15 bits per heavy atom. The predicted octanol–water partition coefficient (Wildman–Crippen LogP) is 2.40. The van der Waals surface area contributed by atoms with Crippen LogP contribution in [-0.4, -0.2) is 31.0 Å². The quantitative estimate of drug-likeness (QED) is 0.820. The molecule has 2 aliphatic carbocycles. The molecule has 0 spiro atoms. The van der Waals surface area contributed by atoms with Gasteiger partial charge in [0.1, 0.15) is 11.8 Å². The van der Waals surface area contributed by atoms with Gasteiger partial charge in [0, 0.05) is 11.6 Å². The van der Waals surface area contributed by atoms with Gasteiger partial charge in [0.05, 0.1) is 19.1 Å². The minimum absolute atomic E-state index is 0.108. The van der Waals surface area contributed by atoms with E-state index >= 15 is 0 Å². The Morgan fingerprint density at radius 3 is 2.46 bits per heavy atom. The van der Waals surface area contributed by atoms with Crippen LogP contribution in [0.2, 0.25) is 0 Å². The Kier molecular flexibility index (Phi) is 5.77. The number of ether oxygens (including phenoxy) is 1. The summed E-state index contributed by atoms with van der Waals surface area (Å²) in [6.07, 6.45) is 5.47. The zero-order valence-corrected chi connectivity index (χ0v) is 15.0. The van der Waals surface area contributed by atoms with Gasteiger partial charge in [-0.25, -0.2) is 0 Å². The molecule has 138 valence electrons. The van der Waals surface area contributed by atoms with Gasteiger partial charge in [-0.05, 0) is 55.9 Å². The Bertz CT molecular complexity index is 691. The summed E-state index contributed by atoms with van der Waals surface area (Å²) < 4.78 is 5.11. The molecule has 0 bridgehead atoms. The van der Waals surface area contributed by atoms with E-state index in [0.717, 1.165) is 38.5 Å². The molecule has 0 heterocycles. The number of nitriles is 1. The molecule has 2 amide bonds. The Balaban J connectivity index is 1.63. The maximum Gasteiger partial charge on any atom is 0.251 e. The summed E-state index contributed by atoms with van der Waals surface area (Å²) in [6, 6.07) is 8.51. The number of methoxy groups -OCH3 is 1. The van der Waals surface area contributed by atoms with Gasteiger partial charge in [0.2, 0.25) is 5.91 Å². The fraction of sp³-hybridized carbons (Fsp3) is 0.550. The van der Waals surface area contributed by atoms with E-state index in [1.807, 2.05) is 0 Å². The van der Waals surface area contributed by atoms with Crippen molar-refractivity contribution in [2.24, 2.45) is 11.8 Å². The van der Waals surface area contributed by atoms with Gasteiger partial charge in [-0.1, -0.05) is 12.8 Å². The van der Waals surface area contributed by atoms with Crippen molar-refractivity contribution in [1.82, 2.24) is 10.6 Å². The molecular weight excluding hydrogens is 330 g/mol. The number of carbonyl (C=O) groups is 2. The fourth-order valence-corrected chi connectivity index (χ4v) is 3.56. The van der Waals surface area contributed by atoms with Crippen molar-refractivity contribution in [1.29, 1.82) is 5.26 Å². The maximum atomic E-state index is 12.7. The van der Waals surface area contributed by atoms with Crippen molar-refractivity contribution in [2.75, 3.05) is 7.11 Å². The zero-order valence-electron chi connectivity index (χ0n) is 15.0. The normalized spacial score (nSPS) is 23.4. The van der Waals surface area contributed by atoms with Gasteiger partial charge in [0.25, 0.3) is 5.91 Å². The molecule has 1 aromatic rings. The van der Waals surface area contributed by atoms with Crippen LogP contribution >= 0.6 is 0 Å². The number of hydrogen-bond acceptors (Lipinski definition) is 4. The lowest BCUT2D eigenvalue weighted by molar-refractivity contribution is -0.127. The standard InChI is InChI=1S/C20H25N3O3/c1-26-15-10-8-14(9-11-15)19(24)22-17-5-3-2-4-16(17)20(25)23-18(12-21)13-6-7-13/h8-11,13,16-18H,2-7H2,1H3,(H,22,24)(H,23,25)/t16-,17+,18?/m0/s1. The van der Waals surface area contributed by atoms with Crippen LogP contribution in [0.15, 0.2) is 24.3 Å². The van der Waals surface area contributed by atoms with Gasteiger partial charge in [-0.3, -0.25) is 9.59 Å². The summed E-state index contributed by atoms with van der Waals surface area (Å²) in [4.78, 5) is 25.2. The van der Waals surface area contributed by atoms with Crippen LogP contribution in [0, 0.1) is 23.2 Å². The lowest BCUT2D eigenvalue weighted by Crippen LogP contribution is -2.50. The van der Waals surface area contributed by atoms with Crippen LogP contribution in [0.25, 0.3) is 0 Å². The highest BCUT2D eigenvalue weighted by Crippen LogP contribution is 2.33. The third-order valence-corrected chi connectivity index (χ3v) is 5.30. The summed E-state index contributed by atoms with van der Waals surface area (Å²) in [5, 5.41) is 15.1. The van der Waals surface area contributed by atoms with E-state index in [1.54, 1.807) is 31.4 Å². The summed E-state index contributed by atoms with van der Waals surface area (Å²) in [6.45, 7) is 0. The SMILES string of the molecule is COc1ccc(C(=O)N[C@@H]2CCCC[C@@H]2C(=O)NC(C#N)C2CC2)cc1. The minimum atomic E-state index is -0.401. The van der Waals surface area contributed by atoms with Crippen molar-refractivity contribution in [3.8, 4) is 11.8 Å². The van der Waals surface area contributed by atoms with E-state index in [9.17, 15) is 14.9 Å². The maximum absolute atomic E-state index is 12.7. The van der Waals surface area contributed by atoms with E-state index in [-0.39, 0.29) is 23.8 Å². The fourth-order valence-electron chi connectivity index (χ4n) is 3.56. The average Bonchev–Trinajstić information content (AvgIpc) is 3.51. The molecule has 0 radical (unpaired) electrons. The zero-order chi connectivity index (χ0) is 18.5. The molecule has 0 aromatic heterocycles. The van der Waals surface area contributed by atoms with Gasteiger partial charge in [-0.15, -0.1) is 0 Å². The third-order valence-electron chi connectivity index (χ3n) is 5.30. The molecule has 2 aliphatic rings. The Hall–Kier alpha value is -2.55. The van der Waals surface area contributed by atoms with Crippen molar-refractivity contribution >= 4 is 11.8 Å². The van der Waals surface area contributed by atoms with Crippen LogP contribution in [-0.2, 0) is 4.79 Å². The van der Waals surface area contributed by atoms with Crippen LogP contribution in [0.1, 0.15) is 48.9 Å². The lowest BCUT2D eigenvalue weighted by Gasteiger charge is -2.31. The van der Waals surface area contributed by atoms with E-state index < -0.39 is 6.04 Å². The van der Waals surface area contributed by atoms with E-state index in [0.29, 0.717) is 17.2 Å². The molecular formula is C20H25N3O3. The lowest BCUT2D eigenvalue weighted by atomic mass is 9.83. The second-order valence-corrected chi connectivity index (χ2v) is 7.15. The first-order valence-corrected chi connectivity index (χ1v) is 9.27. The van der Waals surface area contributed by atoms with Gasteiger partial charge in [-0.2, -0.15) is 5.26 Å². The van der Waals surface area contributed by atoms with Gasteiger partial charge in [0.15, 0.2) is 0 Å². The molecule has 2 N–H and O–H groups in total. The minimum Gasteiger partial charge on any atom is -0.497 e. The molecule has 0 saturated heterocycles. The van der Waals surface area contributed by atoms with E-state index in [1.165, 1.54) is 0 Å². The average molecular weight is 355 g/mol. The van der Waals surface area contributed by atoms with Crippen LogP contribution < -0.4 is 15.4 Å². The number of rotatable bonds is 6. The molecule has 2 saturated carbocycles. The second-order valence-electron chi connectivity index (χ2n) is 7.15. The van der Waals surface area contributed by atoms with Crippen molar-refractivity contribution in [2.45, 2.75) is 50.6 Å². The first-order chi connectivity index (χ1) is 12.6. The van der Waals surface area contributed by atoms with E-state index in [4.69, 9.17) is 4.74 Å². The molecule has 1 aromatic carbocycles. The van der Waals surface area contributed by atoms with Crippen molar-refractivity contribution in [3.63, 3.8) is 0 Å². The van der Waals surface area contributed by atoms with Crippen molar-refractivity contribution < 1.29 is 14.3 Å². The van der Waals surface area contributed by atoms with Gasteiger partial charge < -0.3 is 15.4 Å². The topological polar surface area (TPSA) is 91.2 Å². The number of nitrogens with one attached hydrogen (secondary N) is 2. The molecule has 6 heteroatoms. The molecule has 3 atom stereocenters. The molecule has 3 rings (SSSR count). The van der Waals surface area contributed by atoms with Crippen molar-refractivity contribution in [3.05, 3.63) is 29.8 Å². The molecule has 26 heavy (non-hydrogen) atoms. The highest BCUT2D eigenvalue weighted by atomic mass is 16.5. The number of amides is 2. The summed E-state index contributed by atoms with van der Waals surface area (Å²) in [5.74, 6) is 0.416. The van der Waals surface area contributed by atoms with Crippen LogP contribution in [0.5, 0.6) is 5.75 Å². The smallest absolute Gasteiger partial charge is 0.251 e. The number of hydrogen-bond donors (Lipinski definition) is 2. The summed E-state index contributed by atoms with van der Waals surface area (Å²) in [7, 11) is 1.58. The summed E-state index contributed by atoms with van der Waals surface area (Å²) in [5.41, 5.74) is 0.545. The highest BCUT2D eigenvalue weighted by molar-refractivity contribution is 5.95. The number of nitrogens with zero attached hydrogens (tertiary/aromatic N) is 1. The highest BCUT2D eigenvalue weighted by Gasteiger charge is 2.37. The largest absolute Gasteiger partial charge is 0.497 e. The third kappa shape index (κ3) is 4.34. The predicted molar refractivity (Wildman–Crippen MR) is 96.5 cm³/mol. The first-order valence-electron chi connectivity index (χ1n) is 9.27. The number of benzene rings is 1. The second kappa shape index (κ2) is 8.22. The molecule has 0 aliphatic heterocycles.